The maximum absolute atomic E-state index is 12.8. The van der Waals surface area contributed by atoms with E-state index < -0.39 is 30.3 Å². The molecule has 0 aliphatic carbocycles. The number of alkyl halides is 3. The van der Waals surface area contributed by atoms with Crippen LogP contribution in [-0.4, -0.2) is 29.1 Å². The molecule has 1 amide bonds. The molecule has 21 heavy (non-hydrogen) atoms. The molecule has 1 fully saturated rings. The lowest BCUT2D eigenvalue weighted by Gasteiger charge is -2.25. The molecule has 0 saturated carbocycles. The first-order chi connectivity index (χ1) is 9.66. The summed E-state index contributed by atoms with van der Waals surface area (Å²) in [5.74, 6) is -0.549. The van der Waals surface area contributed by atoms with Crippen molar-refractivity contribution in [1.82, 2.24) is 10.2 Å². The van der Waals surface area contributed by atoms with Gasteiger partial charge in [-0.2, -0.15) is 13.2 Å². The van der Waals surface area contributed by atoms with Gasteiger partial charge in [0.05, 0.1) is 5.54 Å². The van der Waals surface area contributed by atoms with Crippen LogP contribution in [0.25, 0.3) is 0 Å². The predicted molar refractivity (Wildman–Crippen MR) is 73.8 cm³/mol. The Bertz CT molecular complexity index is 549. The summed E-state index contributed by atoms with van der Waals surface area (Å²) < 4.78 is 38.3. The molecule has 1 heterocycles. The van der Waals surface area contributed by atoms with Gasteiger partial charge < -0.3 is 4.90 Å². The molecule has 0 aromatic heterocycles. The smallest absolute Gasteiger partial charge is 0.312 e. The van der Waals surface area contributed by atoms with E-state index in [4.69, 9.17) is 11.6 Å². The van der Waals surface area contributed by atoms with Crippen molar-refractivity contribution in [3.63, 3.8) is 0 Å². The number of nitrogens with one attached hydrogen (secondary N) is 1. The quantitative estimate of drug-likeness (QED) is 0.924. The van der Waals surface area contributed by atoms with Crippen molar-refractivity contribution in [3.8, 4) is 0 Å². The number of rotatable bonds is 3. The van der Waals surface area contributed by atoms with Gasteiger partial charge in [0.2, 0.25) is 5.91 Å². The Morgan fingerprint density at radius 2 is 2.10 bits per heavy atom. The standard InChI is InChI=1S/C14H16ClF3N2O/c1-3-13(2)12(21)20(8-14(16,17)18)11(19-13)9-5-4-6-10(15)7-9/h4-7,11,19H,3,8H2,1-2H3. The molecule has 0 radical (unpaired) electrons. The molecule has 116 valence electrons. The third-order valence-corrected chi connectivity index (χ3v) is 3.96. The largest absolute Gasteiger partial charge is 0.406 e. The molecule has 1 aromatic carbocycles. The average Bonchev–Trinajstić information content (AvgIpc) is 2.63. The third kappa shape index (κ3) is 3.32. The summed E-state index contributed by atoms with van der Waals surface area (Å²) in [5, 5.41) is 3.42. The Labute approximate surface area is 126 Å². The van der Waals surface area contributed by atoms with E-state index in [-0.39, 0.29) is 0 Å². The van der Waals surface area contributed by atoms with E-state index >= 15 is 0 Å². The van der Waals surface area contributed by atoms with Gasteiger partial charge in [0.25, 0.3) is 0 Å². The number of benzene rings is 1. The second-order valence-electron chi connectivity index (χ2n) is 5.34. The van der Waals surface area contributed by atoms with Crippen LogP contribution in [-0.2, 0) is 4.79 Å². The molecule has 3 nitrogen and oxygen atoms in total. The van der Waals surface area contributed by atoms with Crippen molar-refractivity contribution in [2.45, 2.75) is 38.1 Å². The maximum Gasteiger partial charge on any atom is 0.406 e. The van der Waals surface area contributed by atoms with E-state index in [1.807, 2.05) is 0 Å². The summed E-state index contributed by atoms with van der Waals surface area (Å²) in [4.78, 5) is 13.2. The number of hydrogen-bond acceptors (Lipinski definition) is 2. The number of nitrogens with zero attached hydrogens (tertiary/aromatic N) is 1. The monoisotopic (exact) mass is 320 g/mol. The summed E-state index contributed by atoms with van der Waals surface area (Å²) >= 11 is 5.89. The molecule has 7 heteroatoms. The number of amides is 1. The Morgan fingerprint density at radius 1 is 1.43 bits per heavy atom. The Hall–Kier alpha value is -1.27. The first-order valence-electron chi connectivity index (χ1n) is 6.57. The number of halogens is 4. The van der Waals surface area contributed by atoms with Crippen LogP contribution in [0, 0.1) is 0 Å². The predicted octanol–water partition coefficient (Wildman–Crippen LogP) is 3.50. The van der Waals surface area contributed by atoms with E-state index in [9.17, 15) is 18.0 Å². The number of carbonyl (C=O) groups excluding carboxylic acids is 1. The van der Waals surface area contributed by atoms with E-state index in [1.165, 1.54) is 0 Å². The van der Waals surface area contributed by atoms with Gasteiger partial charge in [-0.25, -0.2) is 0 Å². The van der Waals surface area contributed by atoms with Crippen molar-refractivity contribution in [1.29, 1.82) is 0 Å². The van der Waals surface area contributed by atoms with E-state index in [0.717, 1.165) is 4.90 Å². The molecule has 0 spiro atoms. The highest BCUT2D eigenvalue weighted by molar-refractivity contribution is 6.30. The van der Waals surface area contributed by atoms with Crippen LogP contribution in [0.3, 0.4) is 0 Å². The average molecular weight is 321 g/mol. The molecular weight excluding hydrogens is 305 g/mol. The zero-order valence-corrected chi connectivity index (χ0v) is 12.4. The molecule has 1 aliphatic heterocycles. The van der Waals surface area contributed by atoms with Gasteiger partial charge in [0.1, 0.15) is 12.7 Å². The van der Waals surface area contributed by atoms with E-state index in [2.05, 4.69) is 5.32 Å². The lowest BCUT2D eigenvalue weighted by atomic mass is 9.99. The normalized spacial score (nSPS) is 26.5. The fraction of sp³-hybridized carbons (Fsp3) is 0.500. The summed E-state index contributed by atoms with van der Waals surface area (Å²) in [6.07, 6.45) is -4.88. The number of carbonyl (C=O) groups is 1. The van der Waals surface area contributed by atoms with Gasteiger partial charge >= 0.3 is 6.18 Å². The van der Waals surface area contributed by atoms with Gasteiger partial charge in [-0.1, -0.05) is 30.7 Å². The third-order valence-electron chi connectivity index (χ3n) is 3.72. The Balaban J connectivity index is 2.39. The van der Waals surface area contributed by atoms with Crippen molar-refractivity contribution >= 4 is 17.5 Å². The lowest BCUT2D eigenvalue weighted by molar-refractivity contribution is -0.162. The summed E-state index contributed by atoms with van der Waals surface area (Å²) in [6.45, 7) is 2.09. The molecule has 0 bridgehead atoms. The van der Waals surface area contributed by atoms with Crippen LogP contribution >= 0.6 is 11.6 Å². The van der Waals surface area contributed by atoms with Gasteiger partial charge in [0.15, 0.2) is 0 Å². The summed E-state index contributed by atoms with van der Waals surface area (Å²) in [7, 11) is 0. The highest BCUT2D eigenvalue weighted by Crippen LogP contribution is 2.35. The van der Waals surface area contributed by atoms with Gasteiger partial charge in [0, 0.05) is 5.02 Å². The molecule has 1 aromatic rings. The van der Waals surface area contributed by atoms with Crippen molar-refractivity contribution in [2.75, 3.05) is 6.54 Å². The van der Waals surface area contributed by atoms with Crippen LogP contribution in [0.15, 0.2) is 24.3 Å². The van der Waals surface area contributed by atoms with Crippen LogP contribution < -0.4 is 5.32 Å². The highest BCUT2D eigenvalue weighted by Gasteiger charge is 2.50. The topological polar surface area (TPSA) is 32.3 Å². The second kappa shape index (κ2) is 5.50. The van der Waals surface area contributed by atoms with Crippen molar-refractivity contribution in [2.24, 2.45) is 0 Å². The maximum atomic E-state index is 12.8. The second-order valence-corrected chi connectivity index (χ2v) is 5.77. The minimum Gasteiger partial charge on any atom is -0.312 e. The molecule has 2 unspecified atom stereocenters. The van der Waals surface area contributed by atoms with Gasteiger partial charge in [-0.15, -0.1) is 0 Å². The molecular formula is C14H16ClF3N2O. The zero-order valence-electron chi connectivity index (χ0n) is 11.7. The van der Waals surface area contributed by atoms with Crippen molar-refractivity contribution < 1.29 is 18.0 Å². The van der Waals surface area contributed by atoms with Crippen molar-refractivity contribution in [3.05, 3.63) is 34.9 Å². The van der Waals surface area contributed by atoms with Crippen LogP contribution in [0.4, 0.5) is 13.2 Å². The molecule has 1 aliphatic rings. The first-order valence-corrected chi connectivity index (χ1v) is 6.95. The molecule has 2 atom stereocenters. The number of hydrogen-bond donors (Lipinski definition) is 1. The molecule has 1 saturated heterocycles. The van der Waals surface area contributed by atoms with Crippen LogP contribution in [0.2, 0.25) is 5.02 Å². The fourth-order valence-electron chi connectivity index (χ4n) is 2.43. The molecule has 1 N–H and O–H groups in total. The van der Waals surface area contributed by atoms with E-state index in [1.54, 1.807) is 38.1 Å². The highest BCUT2D eigenvalue weighted by atomic mass is 35.5. The SMILES string of the molecule is CCC1(C)NC(c2cccc(Cl)c2)N(CC(F)(F)F)C1=O. The van der Waals surface area contributed by atoms with E-state index in [0.29, 0.717) is 17.0 Å². The summed E-state index contributed by atoms with van der Waals surface area (Å²) in [6, 6.07) is 6.50. The fourth-order valence-corrected chi connectivity index (χ4v) is 2.62. The lowest BCUT2D eigenvalue weighted by Crippen LogP contribution is -2.44. The minimum atomic E-state index is -4.45. The Kier molecular flexibility index (Phi) is 4.22. The minimum absolute atomic E-state index is 0.400. The zero-order chi connectivity index (χ0) is 15.8. The van der Waals surface area contributed by atoms with Crippen LogP contribution in [0.1, 0.15) is 32.0 Å². The van der Waals surface area contributed by atoms with Gasteiger partial charge in [-0.05, 0) is 31.0 Å². The molecule has 2 rings (SSSR count). The summed E-state index contributed by atoms with van der Waals surface area (Å²) in [5.41, 5.74) is -0.463. The van der Waals surface area contributed by atoms with Crippen LogP contribution in [0.5, 0.6) is 0 Å². The first kappa shape index (κ1) is 16.1. The Morgan fingerprint density at radius 3 is 2.62 bits per heavy atom. The van der Waals surface area contributed by atoms with Gasteiger partial charge in [-0.3, -0.25) is 10.1 Å².